The van der Waals surface area contributed by atoms with Crippen molar-refractivity contribution < 1.29 is 9.53 Å². The van der Waals surface area contributed by atoms with Gasteiger partial charge in [-0.25, -0.2) is 0 Å². The van der Waals surface area contributed by atoms with Gasteiger partial charge >= 0.3 is 0 Å². The monoisotopic (exact) mass is 359 g/mol. The fourth-order valence-corrected chi connectivity index (χ4v) is 4.12. The van der Waals surface area contributed by atoms with Crippen LogP contribution in [-0.2, 0) is 4.79 Å². The van der Waals surface area contributed by atoms with Crippen molar-refractivity contribution in [2.24, 2.45) is 0 Å². The number of carbonyl (C=O) groups excluding carboxylic acids is 1. The Morgan fingerprint density at radius 1 is 1.08 bits per heavy atom. The van der Waals surface area contributed by atoms with E-state index in [9.17, 15) is 4.79 Å². The summed E-state index contributed by atoms with van der Waals surface area (Å²) in [6.45, 7) is 4.95. The lowest BCUT2D eigenvalue weighted by molar-refractivity contribution is -0.132. The number of nitrogens with zero attached hydrogens (tertiary/aromatic N) is 3. The number of rotatable bonds is 6. The highest BCUT2D eigenvalue weighted by Crippen LogP contribution is 2.23. The molecular weight excluding hydrogens is 326 g/mol. The van der Waals surface area contributed by atoms with Gasteiger partial charge in [-0.3, -0.25) is 9.69 Å². The van der Waals surface area contributed by atoms with Crippen LogP contribution < -0.4 is 9.64 Å². The Morgan fingerprint density at radius 2 is 1.73 bits per heavy atom. The van der Waals surface area contributed by atoms with Gasteiger partial charge in [0.25, 0.3) is 0 Å². The van der Waals surface area contributed by atoms with Crippen LogP contribution in [0.15, 0.2) is 24.3 Å². The molecule has 26 heavy (non-hydrogen) atoms. The molecule has 1 saturated carbocycles. The van der Waals surface area contributed by atoms with E-state index in [2.05, 4.69) is 21.9 Å². The molecule has 0 atom stereocenters. The van der Waals surface area contributed by atoms with Gasteiger partial charge in [0, 0.05) is 57.9 Å². The molecule has 1 amide bonds. The molecule has 3 rings (SSSR count). The highest BCUT2D eigenvalue weighted by molar-refractivity contribution is 5.76. The first-order valence-electron chi connectivity index (χ1n) is 10.0. The third-order valence-electron chi connectivity index (χ3n) is 5.97. The number of piperazine rings is 1. The van der Waals surface area contributed by atoms with E-state index in [0.717, 1.165) is 38.5 Å². The van der Waals surface area contributed by atoms with Crippen molar-refractivity contribution in [1.82, 2.24) is 9.80 Å². The van der Waals surface area contributed by atoms with Crippen molar-refractivity contribution >= 4 is 11.6 Å². The van der Waals surface area contributed by atoms with Crippen molar-refractivity contribution in [3.63, 3.8) is 0 Å². The van der Waals surface area contributed by atoms with Gasteiger partial charge in [-0.15, -0.1) is 0 Å². The normalized spacial score (nSPS) is 19.4. The highest BCUT2D eigenvalue weighted by atomic mass is 16.5. The van der Waals surface area contributed by atoms with Crippen molar-refractivity contribution in [2.45, 2.75) is 44.6 Å². The molecule has 1 saturated heterocycles. The number of anilines is 1. The Kier molecular flexibility index (Phi) is 6.78. The Labute approximate surface area is 157 Å². The zero-order valence-corrected chi connectivity index (χ0v) is 16.3. The van der Waals surface area contributed by atoms with Gasteiger partial charge in [0.05, 0.1) is 7.11 Å². The summed E-state index contributed by atoms with van der Waals surface area (Å²) in [6, 6.07) is 8.75. The van der Waals surface area contributed by atoms with Crippen LogP contribution >= 0.6 is 0 Å². The lowest BCUT2D eigenvalue weighted by Crippen LogP contribution is -2.47. The van der Waals surface area contributed by atoms with Crippen LogP contribution in [-0.4, -0.2) is 68.6 Å². The summed E-state index contributed by atoms with van der Waals surface area (Å²) in [4.78, 5) is 19.4. The molecule has 0 aromatic heterocycles. The molecule has 2 aliphatic rings. The molecule has 1 aromatic rings. The summed E-state index contributed by atoms with van der Waals surface area (Å²) in [5.41, 5.74) is 1.25. The maximum Gasteiger partial charge on any atom is 0.223 e. The van der Waals surface area contributed by atoms with E-state index in [1.165, 1.54) is 37.8 Å². The summed E-state index contributed by atoms with van der Waals surface area (Å²) in [7, 11) is 3.70. The molecule has 1 aromatic carbocycles. The summed E-state index contributed by atoms with van der Waals surface area (Å²) in [5, 5.41) is 0. The van der Waals surface area contributed by atoms with E-state index in [4.69, 9.17) is 4.74 Å². The van der Waals surface area contributed by atoms with Gasteiger partial charge in [0.1, 0.15) is 5.75 Å². The molecule has 1 aliphatic heterocycles. The van der Waals surface area contributed by atoms with E-state index in [0.29, 0.717) is 18.4 Å². The molecule has 1 heterocycles. The number of hydrogen-bond donors (Lipinski definition) is 0. The lowest BCUT2D eigenvalue weighted by atomic mass is 9.94. The van der Waals surface area contributed by atoms with Gasteiger partial charge in [-0.2, -0.15) is 0 Å². The smallest absolute Gasteiger partial charge is 0.223 e. The second-order valence-corrected chi connectivity index (χ2v) is 7.57. The molecule has 2 fully saturated rings. The molecule has 0 spiro atoms. The zero-order valence-electron chi connectivity index (χ0n) is 16.3. The SMILES string of the molecule is COc1ccc(N2CCN(CCC(=O)N(C)C3CCCCC3)CC2)cc1. The maximum atomic E-state index is 12.5. The first-order chi connectivity index (χ1) is 12.7. The van der Waals surface area contributed by atoms with Crippen LogP contribution in [0.1, 0.15) is 38.5 Å². The molecule has 0 unspecified atom stereocenters. The summed E-state index contributed by atoms with van der Waals surface area (Å²) < 4.78 is 5.23. The molecular formula is C21H33N3O2. The van der Waals surface area contributed by atoms with Crippen LogP contribution in [0.3, 0.4) is 0 Å². The third kappa shape index (κ3) is 4.91. The highest BCUT2D eigenvalue weighted by Gasteiger charge is 2.23. The standard InChI is InChI=1S/C21H33N3O2/c1-22(18-6-4-3-5-7-18)21(25)12-13-23-14-16-24(17-15-23)19-8-10-20(26-2)11-9-19/h8-11,18H,3-7,12-17H2,1-2H3. The number of benzene rings is 1. The minimum Gasteiger partial charge on any atom is -0.497 e. The first-order valence-corrected chi connectivity index (χ1v) is 10.0. The second kappa shape index (κ2) is 9.26. The molecule has 0 radical (unpaired) electrons. The molecule has 1 aliphatic carbocycles. The topological polar surface area (TPSA) is 36.0 Å². The van der Waals surface area contributed by atoms with E-state index in [-0.39, 0.29) is 0 Å². The average Bonchev–Trinajstić information content (AvgIpc) is 2.72. The summed E-state index contributed by atoms with van der Waals surface area (Å²) in [5.74, 6) is 1.21. The largest absolute Gasteiger partial charge is 0.497 e. The van der Waals surface area contributed by atoms with Gasteiger partial charge in [-0.05, 0) is 37.1 Å². The van der Waals surface area contributed by atoms with Gasteiger partial charge in [0.15, 0.2) is 0 Å². The fourth-order valence-electron chi connectivity index (χ4n) is 4.12. The van der Waals surface area contributed by atoms with E-state index in [1.54, 1.807) is 7.11 Å². The predicted octanol–water partition coefficient (Wildman–Crippen LogP) is 3.00. The number of amides is 1. The van der Waals surface area contributed by atoms with Crippen LogP contribution in [0.5, 0.6) is 5.75 Å². The van der Waals surface area contributed by atoms with Crippen LogP contribution in [0.25, 0.3) is 0 Å². The number of hydrogen-bond acceptors (Lipinski definition) is 4. The van der Waals surface area contributed by atoms with E-state index < -0.39 is 0 Å². The Bertz CT molecular complexity index is 561. The van der Waals surface area contributed by atoms with Crippen molar-refractivity contribution in [1.29, 1.82) is 0 Å². The minimum atomic E-state index is 0.314. The lowest BCUT2D eigenvalue weighted by Gasteiger charge is -2.36. The first kappa shape index (κ1) is 19.0. The molecule has 5 heteroatoms. The molecule has 0 bridgehead atoms. The van der Waals surface area contributed by atoms with Crippen LogP contribution in [0.4, 0.5) is 5.69 Å². The molecule has 144 valence electrons. The Balaban J connectivity index is 1.40. The molecule has 5 nitrogen and oxygen atoms in total. The second-order valence-electron chi connectivity index (χ2n) is 7.57. The minimum absolute atomic E-state index is 0.314. The summed E-state index contributed by atoms with van der Waals surface area (Å²) in [6.07, 6.45) is 6.89. The van der Waals surface area contributed by atoms with Gasteiger partial charge in [-0.1, -0.05) is 19.3 Å². The Morgan fingerprint density at radius 3 is 2.35 bits per heavy atom. The molecule has 0 N–H and O–H groups in total. The van der Waals surface area contributed by atoms with Crippen molar-refractivity contribution in [3.05, 3.63) is 24.3 Å². The number of methoxy groups -OCH3 is 1. The van der Waals surface area contributed by atoms with Crippen molar-refractivity contribution in [3.8, 4) is 5.75 Å². The third-order valence-corrected chi connectivity index (χ3v) is 5.97. The predicted molar refractivity (Wildman–Crippen MR) is 106 cm³/mol. The summed E-state index contributed by atoms with van der Waals surface area (Å²) >= 11 is 0. The van der Waals surface area contributed by atoms with Crippen LogP contribution in [0, 0.1) is 0 Å². The number of carbonyl (C=O) groups is 1. The average molecular weight is 360 g/mol. The zero-order chi connectivity index (χ0) is 18.4. The van der Waals surface area contributed by atoms with E-state index in [1.807, 2.05) is 24.1 Å². The van der Waals surface area contributed by atoms with Crippen LogP contribution in [0.2, 0.25) is 0 Å². The van der Waals surface area contributed by atoms with Gasteiger partial charge < -0.3 is 14.5 Å². The number of ether oxygens (including phenoxy) is 1. The van der Waals surface area contributed by atoms with E-state index >= 15 is 0 Å². The quantitative estimate of drug-likeness (QED) is 0.782. The Hall–Kier alpha value is -1.75. The van der Waals surface area contributed by atoms with Crippen molar-refractivity contribution in [2.75, 3.05) is 51.8 Å². The van der Waals surface area contributed by atoms with Gasteiger partial charge in [0.2, 0.25) is 5.91 Å². The fraction of sp³-hybridized carbons (Fsp3) is 0.667. The maximum absolute atomic E-state index is 12.5.